The van der Waals surface area contributed by atoms with Crippen LogP contribution in [0.2, 0.25) is 0 Å². The SMILES string of the molecule is COc1ccc(-c2ccc3sc(O)c(C(=O)NCC(=O)O)c(=O)c3c2)cc1. The monoisotopic (exact) mass is 385 g/mol. The van der Waals surface area contributed by atoms with Gasteiger partial charge in [-0.2, -0.15) is 0 Å². The second-order valence-electron chi connectivity index (χ2n) is 5.63. The molecule has 1 amide bonds. The Morgan fingerprint density at radius 2 is 1.78 bits per heavy atom. The molecule has 0 saturated carbocycles. The van der Waals surface area contributed by atoms with E-state index in [0.29, 0.717) is 10.4 Å². The summed E-state index contributed by atoms with van der Waals surface area (Å²) in [4.78, 5) is 35.5. The van der Waals surface area contributed by atoms with E-state index in [-0.39, 0.29) is 5.39 Å². The van der Waals surface area contributed by atoms with Crippen molar-refractivity contribution in [3.05, 3.63) is 58.3 Å². The standard InChI is InChI=1S/C19H15NO6S/c1-26-12-5-2-10(3-6-12)11-4-7-14-13(8-11)17(23)16(19(25)27-14)18(24)20-9-15(21)22/h2-8,25H,9H2,1H3,(H,20,24)(H,21,22). The number of amides is 1. The van der Waals surface area contributed by atoms with E-state index in [2.05, 4.69) is 5.32 Å². The van der Waals surface area contributed by atoms with Crippen LogP contribution in [0.5, 0.6) is 10.8 Å². The van der Waals surface area contributed by atoms with Gasteiger partial charge in [0.05, 0.1) is 7.11 Å². The molecule has 27 heavy (non-hydrogen) atoms. The molecule has 0 saturated heterocycles. The lowest BCUT2D eigenvalue weighted by Gasteiger charge is -2.08. The number of fused-ring (bicyclic) bond motifs is 1. The number of hydrogen-bond acceptors (Lipinski definition) is 6. The molecule has 3 aromatic rings. The normalized spacial score (nSPS) is 10.6. The first-order valence-corrected chi connectivity index (χ1v) is 8.66. The third-order valence-corrected chi connectivity index (χ3v) is 4.90. The van der Waals surface area contributed by atoms with Gasteiger partial charge in [0.2, 0.25) is 5.43 Å². The Bertz CT molecular complexity index is 1090. The Labute approximate surface area is 157 Å². The fourth-order valence-corrected chi connectivity index (χ4v) is 3.48. The van der Waals surface area contributed by atoms with E-state index in [1.807, 2.05) is 18.2 Å². The molecule has 0 aliphatic rings. The quantitative estimate of drug-likeness (QED) is 0.622. The molecule has 8 heteroatoms. The molecule has 0 aliphatic heterocycles. The van der Waals surface area contributed by atoms with Gasteiger partial charge in [0, 0.05) is 10.1 Å². The van der Waals surface area contributed by atoms with Gasteiger partial charge in [-0.05, 0) is 35.4 Å². The summed E-state index contributed by atoms with van der Waals surface area (Å²) in [6.07, 6.45) is 0. The number of benzene rings is 2. The Morgan fingerprint density at radius 1 is 1.11 bits per heavy atom. The maximum Gasteiger partial charge on any atom is 0.322 e. The van der Waals surface area contributed by atoms with E-state index in [9.17, 15) is 19.5 Å². The zero-order chi connectivity index (χ0) is 19.6. The molecule has 0 aliphatic carbocycles. The molecule has 0 radical (unpaired) electrons. The van der Waals surface area contributed by atoms with Crippen LogP contribution in [0.25, 0.3) is 21.2 Å². The maximum absolute atomic E-state index is 12.7. The number of hydrogen-bond donors (Lipinski definition) is 3. The number of carboxylic acid groups (broad SMARTS) is 1. The van der Waals surface area contributed by atoms with E-state index in [1.54, 1.807) is 31.4 Å². The van der Waals surface area contributed by atoms with Gasteiger partial charge in [-0.25, -0.2) is 0 Å². The van der Waals surface area contributed by atoms with Crippen LogP contribution in [-0.2, 0) is 4.79 Å². The molecule has 1 aromatic heterocycles. The molecule has 0 bridgehead atoms. The smallest absolute Gasteiger partial charge is 0.322 e. The highest BCUT2D eigenvalue weighted by molar-refractivity contribution is 7.20. The number of rotatable bonds is 5. The van der Waals surface area contributed by atoms with Crippen LogP contribution in [0, 0.1) is 0 Å². The number of nitrogens with one attached hydrogen (secondary N) is 1. The first-order valence-electron chi connectivity index (χ1n) is 7.85. The average Bonchev–Trinajstić information content (AvgIpc) is 2.66. The molecule has 138 valence electrons. The molecule has 0 spiro atoms. The lowest BCUT2D eigenvalue weighted by molar-refractivity contribution is -0.135. The highest BCUT2D eigenvalue weighted by Gasteiger charge is 2.20. The fourth-order valence-electron chi connectivity index (χ4n) is 2.59. The summed E-state index contributed by atoms with van der Waals surface area (Å²) in [6, 6.07) is 12.4. The van der Waals surface area contributed by atoms with Crippen molar-refractivity contribution < 1.29 is 24.5 Å². The van der Waals surface area contributed by atoms with E-state index in [1.165, 1.54) is 0 Å². The summed E-state index contributed by atoms with van der Waals surface area (Å²) in [5.41, 5.74) is 0.504. The molecule has 3 N–H and O–H groups in total. The molecular weight excluding hydrogens is 370 g/mol. The number of ether oxygens (including phenoxy) is 1. The van der Waals surface area contributed by atoms with Crippen LogP contribution < -0.4 is 15.5 Å². The Kier molecular flexibility index (Phi) is 5.09. The lowest BCUT2D eigenvalue weighted by Crippen LogP contribution is -2.32. The molecule has 2 aromatic carbocycles. The Morgan fingerprint density at radius 3 is 2.41 bits per heavy atom. The van der Waals surface area contributed by atoms with Crippen molar-refractivity contribution in [1.29, 1.82) is 0 Å². The van der Waals surface area contributed by atoms with Crippen LogP contribution in [0.3, 0.4) is 0 Å². The van der Waals surface area contributed by atoms with Gasteiger partial charge >= 0.3 is 5.97 Å². The van der Waals surface area contributed by atoms with Crippen molar-refractivity contribution in [3.63, 3.8) is 0 Å². The minimum Gasteiger partial charge on any atom is -0.499 e. The highest BCUT2D eigenvalue weighted by Crippen LogP contribution is 2.31. The van der Waals surface area contributed by atoms with E-state index in [0.717, 1.165) is 22.5 Å². The van der Waals surface area contributed by atoms with Gasteiger partial charge < -0.3 is 20.3 Å². The second kappa shape index (κ2) is 7.46. The Balaban J connectivity index is 2.08. The molecule has 7 nitrogen and oxygen atoms in total. The zero-order valence-corrected chi connectivity index (χ0v) is 15.0. The van der Waals surface area contributed by atoms with Crippen molar-refractivity contribution in [2.24, 2.45) is 0 Å². The highest BCUT2D eigenvalue weighted by atomic mass is 32.1. The number of carbonyl (C=O) groups excluding carboxylic acids is 1. The second-order valence-corrected chi connectivity index (χ2v) is 6.66. The predicted molar refractivity (Wildman–Crippen MR) is 102 cm³/mol. The minimum absolute atomic E-state index is 0.270. The summed E-state index contributed by atoms with van der Waals surface area (Å²) < 4.78 is 5.65. The molecular formula is C19H15NO6S. The first kappa shape index (κ1) is 18.4. The molecule has 1 heterocycles. The van der Waals surface area contributed by atoms with Crippen molar-refractivity contribution in [3.8, 4) is 21.9 Å². The summed E-state index contributed by atoms with van der Waals surface area (Å²) in [5, 5.41) is 20.6. The zero-order valence-electron chi connectivity index (χ0n) is 14.2. The summed E-state index contributed by atoms with van der Waals surface area (Å²) in [6.45, 7) is -0.647. The van der Waals surface area contributed by atoms with Gasteiger partial charge in [-0.3, -0.25) is 14.4 Å². The van der Waals surface area contributed by atoms with Crippen molar-refractivity contribution in [2.45, 2.75) is 0 Å². The summed E-state index contributed by atoms with van der Waals surface area (Å²) >= 11 is 0.882. The van der Waals surface area contributed by atoms with Gasteiger partial charge in [-0.1, -0.05) is 29.5 Å². The van der Waals surface area contributed by atoms with E-state index < -0.39 is 34.5 Å². The summed E-state index contributed by atoms with van der Waals surface area (Å²) in [7, 11) is 1.57. The third-order valence-electron chi connectivity index (χ3n) is 3.92. The first-order chi connectivity index (χ1) is 12.9. The lowest BCUT2D eigenvalue weighted by atomic mass is 10.0. The van der Waals surface area contributed by atoms with Crippen molar-refractivity contribution >= 4 is 33.3 Å². The van der Waals surface area contributed by atoms with Gasteiger partial charge in [0.15, 0.2) is 5.06 Å². The summed E-state index contributed by atoms with van der Waals surface area (Å²) in [5.74, 6) is -1.47. The van der Waals surface area contributed by atoms with E-state index in [4.69, 9.17) is 9.84 Å². The van der Waals surface area contributed by atoms with Crippen LogP contribution >= 0.6 is 11.3 Å². The number of aliphatic carboxylic acids is 1. The minimum atomic E-state index is -1.25. The van der Waals surface area contributed by atoms with Gasteiger partial charge in [0.25, 0.3) is 5.91 Å². The number of carbonyl (C=O) groups is 2. The number of carboxylic acids is 1. The van der Waals surface area contributed by atoms with Crippen molar-refractivity contribution in [2.75, 3.05) is 13.7 Å². The maximum atomic E-state index is 12.7. The van der Waals surface area contributed by atoms with Gasteiger partial charge in [0.1, 0.15) is 17.9 Å². The Hall–Kier alpha value is -3.39. The molecule has 0 atom stereocenters. The molecule has 3 rings (SSSR count). The number of methoxy groups -OCH3 is 1. The van der Waals surface area contributed by atoms with Crippen LogP contribution in [0.1, 0.15) is 10.4 Å². The topological polar surface area (TPSA) is 113 Å². The van der Waals surface area contributed by atoms with Crippen LogP contribution in [0.4, 0.5) is 0 Å². The molecule has 0 fully saturated rings. The largest absolute Gasteiger partial charge is 0.499 e. The fraction of sp³-hybridized carbons (Fsp3) is 0.105. The van der Waals surface area contributed by atoms with Crippen molar-refractivity contribution in [1.82, 2.24) is 5.32 Å². The van der Waals surface area contributed by atoms with E-state index >= 15 is 0 Å². The third kappa shape index (κ3) is 3.75. The molecule has 0 unspecified atom stereocenters. The predicted octanol–water partition coefficient (Wildman–Crippen LogP) is 2.46. The van der Waals surface area contributed by atoms with Gasteiger partial charge in [-0.15, -0.1) is 0 Å². The number of aromatic hydroxyl groups is 1. The average molecular weight is 385 g/mol. The van der Waals surface area contributed by atoms with Crippen LogP contribution in [-0.4, -0.2) is 35.7 Å². The van der Waals surface area contributed by atoms with Crippen LogP contribution in [0.15, 0.2) is 47.3 Å².